The molecule has 2 rings (SSSR count). The topological polar surface area (TPSA) is 62.5 Å². The Labute approximate surface area is 127 Å². The van der Waals surface area contributed by atoms with Gasteiger partial charge in [-0.05, 0) is 41.5 Å². The van der Waals surface area contributed by atoms with Crippen LogP contribution in [0.1, 0.15) is 11.1 Å². The summed E-state index contributed by atoms with van der Waals surface area (Å²) in [6.07, 6.45) is 1.57. The predicted molar refractivity (Wildman–Crippen MR) is 81.1 cm³/mol. The van der Waals surface area contributed by atoms with Crippen LogP contribution in [-0.4, -0.2) is 19.3 Å². The molecule has 0 spiro atoms. The van der Waals surface area contributed by atoms with Crippen LogP contribution in [0.2, 0.25) is 0 Å². The average molecular weight is 299 g/mol. The highest BCUT2D eigenvalue weighted by Gasteiger charge is 2.11. The fourth-order valence-electron chi connectivity index (χ4n) is 2.00. The number of halogens is 1. The zero-order chi connectivity index (χ0) is 16.1. The Kier molecular flexibility index (Phi) is 4.64. The molecule has 112 valence electrons. The summed E-state index contributed by atoms with van der Waals surface area (Å²) in [5, 5.41) is 19.2. The first-order valence-electron chi connectivity index (χ1n) is 6.41. The lowest BCUT2D eigenvalue weighted by atomic mass is 10.0. The molecule has 0 aliphatic carbocycles. The fraction of sp³-hybridized carbons (Fsp3) is 0.118. The third-order valence-electron chi connectivity index (χ3n) is 3.07. The first-order chi connectivity index (χ1) is 10.6. The predicted octanol–water partition coefficient (Wildman–Crippen LogP) is 3.61. The van der Waals surface area contributed by atoms with Crippen molar-refractivity contribution >= 4 is 11.6 Å². The molecule has 1 N–H and O–H groups in total. The second kappa shape index (κ2) is 6.64. The number of phenols is 1. The molecule has 0 aromatic heterocycles. The van der Waals surface area contributed by atoms with Crippen LogP contribution in [-0.2, 0) is 0 Å². The number of hydrogen-bond donors (Lipinski definition) is 1. The molecule has 0 amide bonds. The van der Waals surface area contributed by atoms with Crippen LogP contribution >= 0.6 is 0 Å². The highest BCUT2D eigenvalue weighted by Crippen LogP contribution is 2.38. The largest absolute Gasteiger partial charge is 0.502 e. The van der Waals surface area contributed by atoms with E-state index in [-0.39, 0.29) is 22.8 Å². The molecular formula is C17H14FNO3. The normalized spacial score (nSPS) is 10.9. The van der Waals surface area contributed by atoms with Crippen molar-refractivity contribution in [3.8, 4) is 23.3 Å². The van der Waals surface area contributed by atoms with E-state index in [0.717, 1.165) is 0 Å². The number of phenolic OH excluding ortho intramolecular Hbond substituents is 1. The van der Waals surface area contributed by atoms with Crippen molar-refractivity contribution in [3.05, 3.63) is 53.3 Å². The summed E-state index contributed by atoms with van der Waals surface area (Å²) in [6, 6.07) is 10.9. The molecule has 0 saturated heterocycles. The van der Waals surface area contributed by atoms with Crippen LogP contribution in [0.4, 0.5) is 4.39 Å². The standard InChI is InChI=1S/C17H14FNO3/c1-21-15-7-11(8-16(22-2)17(15)20)6-13(10-19)12-4-3-5-14(18)9-12/h3-9,20H,1-2H3/b13-6-. The van der Waals surface area contributed by atoms with Crippen molar-refractivity contribution in [3.63, 3.8) is 0 Å². The Morgan fingerprint density at radius 2 is 1.82 bits per heavy atom. The number of hydrogen-bond acceptors (Lipinski definition) is 4. The summed E-state index contributed by atoms with van der Waals surface area (Å²) >= 11 is 0. The van der Waals surface area contributed by atoms with Gasteiger partial charge in [-0.25, -0.2) is 4.39 Å². The summed E-state index contributed by atoms with van der Waals surface area (Å²) in [5.74, 6) is -0.0878. The van der Waals surface area contributed by atoms with Gasteiger partial charge in [0.2, 0.25) is 5.75 Å². The molecule has 0 aliphatic rings. The summed E-state index contributed by atoms with van der Waals surface area (Å²) in [5.41, 5.74) is 1.34. The third kappa shape index (κ3) is 3.18. The minimum Gasteiger partial charge on any atom is -0.502 e. The summed E-state index contributed by atoms with van der Waals surface area (Å²) in [4.78, 5) is 0. The zero-order valence-electron chi connectivity index (χ0n) is 12.1. The Bertz CT molecular complexity index is 738. The van der Waals surface area contributed by atoms with Gasteiger partial charge in [-0.15, -0.1) is 0 Å². The molecule has 2 aromatic carbocycles. The van der Waals surface area contributed by atoms with Gasteiger partial charge in [-0.2, -0.15) is 5.26 Å². The maximum Gasteiger partial charge on any atom is 0.200 e. The Hall–Kier alpha value is -3.00. The molecule has 0 atom stereocenters. The first-order valence-corrected chi connectivity index (χ1v) is 6.41. The molecule has 5 heteroatoms. The number of nitriles is 1. The SMILES string of the molecule is COc1cc(/C=C(/C#N)c2cccc(F)c2)cc(OC)c1O. The summed E-state index contributed by atoms with van der Waals surface area (Å²) < 4.78 is 23.4. The van der Waals surface area contributed by atoms with Crippen LogP contribution in [0.15, 0.2) is 36.4 Å². The van der Waals surface area contributed by atoms with Gasteiger partial charge >= 0.3 is 0 Å². The number of methoxy groups -OCH3 is 2. The van der Waals surface area contributed by atoms with E-state index in [9.17, 15) is 14.8 Å². The minimum atomic E-state index is -0.417. The number of nitrogens with zero attached hydrogens (tertiary/aromatic N) is 1. The van der Waals surface area contributed by atoms with E-state index in [1.54, 1.807) is 24.3 Å². The van der Waals surface area contributed by atoms with Crippen molar-refractivity contribution in [1.82, 2.24) is 0 Å². The Morgan fingerprint density at radius 1 is 1.18 bits per heavy atom. The third-order valence-corrected chi connectivity index (χ3v) is 3.07. The number of benzene rings is 2. The van der Waals surface area contributed by atoms with Gasteiger partial charge in [-0.1, -0.05) is 12.1 Å². The van der Waals surface area contributed by atoms with Gasteiger partial charge in [-0.3, -0.25) is 0 Å². The van der Waals surface area contributed by atoms with E-state index >= 15 is 0 Å². The molecule has 0 bridgehead atoms. The van der Waals surface area contributed by atoms with Crippen LogP contribution in [0.3, 0.4) is 0 Å². The molecule has 0 radical (unpaired) electrons. The lowest BCUT2D eigenvalue weighted by molar-refractivity contribution is 0.340. The highest BCUT2D eigenvalue weighted by molar-refractivity contribution is 5.90. The highest BCUT2D eigenvalue weighted by atomic mass is 19.1. The number of ether oxygens (including phenoxy) is 2. The van der Waals surface area contributed by atoms with Gasteiger partial charge < -0.3 is 14.6 Å². The number of aromatic hydroxyl groups is 1. The van der Waals surface area contributed by atoms with Crippen molar-refractivity contribution in [2.24, 2.45) is 0 Å². The zero-order valence-corrected chi connectivity index (χ0v) is 12.1. The molecule has 2 aromatic rings. The molecule has 0 aliphatic heterocycles. The quantitative estimate of drug-likeness (QED) is 0.692. The van der Waals surface area contributed by atoms with Gasteiger partial charge in [0, 0.05) is 0 Å². The lowest BCUT2D eigenvalue weighted by Crippen LogP contribution is -1.91. The molecule has 0 fully saturated rings. The maximum atomic E-state index is 13.3. The number of rotatable bonds is 4. The van der Waals surface area contributed by atoms with Crippen LogP contribution in [0.25, 0.3) is 11.6 Å². The molecular weight excluding hydrogens is 285 g/mol. The van der Waals surface area contributed by atoms with Gasteiger partial charge in [0.1, 0.15) is 5.82 Å². The van der Waals surface area contributed by atoms with E-state index in [1.165, 1.54) is 32.4 Å². The second-order valence-electron chi connectivity index (χ2n) is 4.45. The Balaban J connectivity index is 2.53. The molecule has 0 saturated carbocycles. The second-order valence-corrected chi connectivity index (χ2v) is 4.45. The van der Waals surface area contributed by atoms with Gasteiger partial charge in [0.15, 0.2) is 11.5 Å². The van der Waals surface area contributed by atoms with E-state index in [4.69, 9.17) is 9.47 Å². The maximum absolute atomic E-state index is 13.3. The Morgan fingerprint density at radius 3 is 2.32 bits per heavy atom. The van der Waals surface area contributed by atoms with E-state index in [2.05, 4.69) is 0 Å². The molecule has 4 nitrogen and oxygen atoms in total. The van der Waals surface area contributed by atoms with Crippen molar-refractivity contribution in [1.29, 1.82) is 5.26 Å². The molecule has 0 heterocycles. The fourth-order valence-corrected chi connectivity index (χ4v) is 2.00. The smallest absolute Gasteiger partial charge is 0.200 e. The van der Waals surface area contributed by atoms with Crippen molar-refractivity contribution in [2.75, 3.05) is 14.2 Å². The first kappa shape index (κ1) is 15.4. The molecule has 22 heavy (non-hydrogen) atoms. The monoisotopic (exact) mass is 299 g/mol. The lowest BCUT2D eigenvalue weighted by Gasteiger charge is -2.10. The van der Waals surface area contributed by atoms with Crippen molar-refractivity contribution in [2.45, 2.75) is 0 Å². The van der Waals surface area contributed by atoms with Crippen LogP contribution in [0, 0.1) is 17.1 Å². The van der Waals surface area contributed by atoms with Gasteiger partial charge in [0.25, 0.3) is 0 Å². The molecule has 0 unspecified atom stereocenters. The van der Waals surface area contributed by atoms with E-state index in [0.29, 0.717) is 11.1 Å². The minimum absolute atomic E-state index is 0.119. The number of allylic oxidation sites excluding steroid dienone is 1. The van der Waals surface area contributed by atoms with Crippen LogP contribution < -0.4 is 9.47 Å². The average Bonchev–Trinajstić information content (AvgIpc) is 2.53. The van der Waals surface area contributed by atoms with Gasteiger partial charge in [0.05, 0.1) is 25.9 Å². The van der Waals surface area contributed by atoms with Crippen molar-refractivity contribution < 1.29 is 19.0 Å². The summed E-state index contributed by atoms with van der Waals surface area (Å²) in [7, 11) is 2.83. The van der Waals surface area contributed by atoms with Crippen LogP contribution in [0.5, 0.6) is 17.2 Å². The summed E-state index contributed by atoms with van der Waals surface area (Å²) in [6.45, 7) is 0. The van der Waals surface area contributed by atoms with E-state index < -0.39 is 5.82 Å². The van der Waals surface area contributed by atoms with E-state index in [1.807, 2.05) is 6.07 Å².